The summed E-state index contributed by atoms with van der Waals surface area (Å²) in [7, 11) is -4.29. The minimum atomic E-state index is -3.60. The van der Waals surface area contributed by atoms with Gasteiger partial charge in [0.2, 0.25) is 0 Å². The van der Waals surface area contributed by atoms with Crippen molar-refractivity contribution in [2.45, 2.75) is 84.7 Å². The lowest BCUT2D eigenvalue weighted by Crippen LogP contribution is -2.48. The van der Waals surface area contributed by atoms with Gasteiger partial charge >= 0.3 is 7.12 Å². The first-order valence-corrected chi connectivity index (χ1v) is 15.3. The molecule has 37 heavy (non-hydrogen) atoms. The molecule has 1 aliphatic carbocycles. The fourth-order valence-electron chi connectivity index (χ4n) is 4.72. The summed E-state index contributed by atoms with van der Waals surface area (Å²) in [6.07, 6.45) is 6.54. The Hall–Kier alpha value is -1.65. The number of ether oxygens (including phenoxy) is 1. The maximum atomic E-state index is 13.2. The van der Waals surface area contributed by atoms with E-state index in [9.17, 15) is 8.42 Å². The minimum absolute atomic E-state index is 0.108. The van der Waals surface area contributed by atoms with Crippen LogP contribution in [0.3, 0.4) is 0 Å². The topological polar surface area (TPSA) is 77.1 Å². The van der Waals surface area contributed by atoms with Gasteiger partial charge in [0.1, 0.15) is 11.9 Å². The van der Waals surface area contributed by atoms with Crippen LogP contribution in [-0.2, 0) is 19.1 Å². The molecule has 0 saturated carbocycles. The molecule has 9 heteroatoms. The molecule has 1 aliphatic heterocycles. The van der Waals surface area contributed by atoms with Crippen molar-refractivity contribution in [3.05, 3.63) is 52.9 Å². The molecule has 0 spiro atoms. The second kappa shape index (κ2) is 12.0. The summed E-state index contributed by atoms with van der Waals surface area (Å²) in [6, 6.07) is 9.32. The predicted molar refractivity (Wildman–Crippen MR) is 151 cm³/mol. The van der Waals surface area contributed by atoms with Crippen LogP contribution in [0.5, 0.6) is 5.75 Å². The summed E-state index contributed by atoms with van der Waals surface area (Å²) < 4.78 is 45.7. The number of para-hydroxylation sites is 1. The highest BCUT2D eigenvalue weighted by molar-refractivity contribution is 7.94. The molecule has 0 aromatic heterocycles. The zero-order valence-corrected chi connectivity index (χ0v) is 24.6. The summed E-state index contributed by atoms with van der Waals surface area (Å²) in [5, 5.41) is 3.47. The second-order valence-electron chi connectivity index (χ2n) is 11.2. The molecule has 3 rings (SSSR count). The third kappa shape index (κ3) is 7.06. The number of nitrogens with zero attached hydrogens (tertiary/aromatic N) is 1. The molecule has 206 valence electrons. The van der Waals surface area contributed by atoms with Crippen molar-refractivity contribution >= 4 is 17.0 Å². The van der Waals surface area contributed by atoms with Crippen molar-refractivity contribution in [3.63, 3.8) is 0 Å². The smallest absolute Gasteiger partial charge is 0.485 e. The van der Waals surface area contributed by atoms with E-state index in [1.165, 1.54) is 6.26 Å². The van der Waals surface area contributed by atoms with Crippen LogP contribution < -0.4 is 10.1 Å². The summed E-state index contributed by atoms with van der Waals surface area (Å²) in [6.45, 7) is 16.8. The molecule has 3 unspecified atom stereocenters. The van der Waals surface area contributed by atoms with Crippen LogP contribution in [0.25, 0.3) is 0 Å². The van der Waals surface area contributed by atoms with Gasteiger partial charge in [0.05, 0.1) is 16.1 Å². The molecule has 1 N–H and O–H groups in total. The Morgan fingerprint density at radius 2 is 1.70 bits per heavy atom. The van der Waals surface area contributed by atoms with Gasteiger partial charge in [-0.1, -0.05) is 51.5 Å². The Labute approximate surface area is 224 Å². The summed E-state index contributed by atoms with van der Waals surface area (Å²) >= 11 is 0. The fourth-order valence-corrected chi connectivity index (χ4v) is 5.76. The normalized spacial score (nSPS) is 25.5. The first-order valence-electron chi connectivity index (χ1n) is 13.5. The molecule has 2 aliphatic rings. The van der Waals surface area contributed by atoms with Crippen molar-refractivity contribution in [3.8, 4) is 5.75 Å². The Morgan fingerprint density at radius 1 is 1.08 bits per heavy atom. The van der Waals surface area contributed by atoms with Gasteiger partial charge in [0.25, 0.3) is 0 Å². The van der Waals surface area contributed by atoms with Crippen molar-refractivity contribution in [2.24, 2.45) is 5.92 Å². The molecule has 7 nitrogen and oxygen atoms in total. The zero-order valence-electron chi connectivity index (χ0n) is 23.8. The van der Waals surface area contributed by atoms with Crippen molar-refractivity contribution in [1.82, 2.24) is 10.2 Å². The molecular weight excluding hydrogens is 487 g/mol. The molecule has 0 amide bonds. The molecule has 1 aromatic rings. The van der Waals surface area contributed by atoms with Crippen LogP contribution >= 0.6 is 0 Å². The average molecular weight is 533 g/mol. The molecule has 1 fully saturated rings. The number of allylic oxidation sites excluding steroid dienone is 2. The van der Waals surface area contributed by atoms with E-state index in [-0.39, 0.29) is 16.9 Å². The summed E-state index contributed by atoms with van der Waals surface area (Å²) in [5.41, 5.74) is -0.374. The molecule has 1 heterocycles. The molecule has 0 radical (unpaired) electrons. The quantitative estimate of drug-likeness (QED) is 0.330. The number of hydrogen-bond donors (Lipinski definition) is 1. The van der Waals surface area contributed by atoms with Gasteiger partial charge in [-0.15, -0.1) is 0 Å². The van der Waals surface area contributed by atoms with E-state index < -0.39 is 34.3 Å². The van der Waals surface area contributed by atoms with Crippen LogP contribution in [0.1, 0.15) is 61.3 Å². The van der Waals surface area contributed by atoms with Crippen molar-refractivity contribution in [1.29, 1.82) is 0 Å². The maximum Gasteiger partial charge on any atom is 0.494 e. The number of hydrogen-bond acceptors (Lipinski definition) is 7. The van der Waals surface area contributed by atoms with Crippen LogP contribution in [0.15, 0.2) is 52.9 Å². The second-order valence-corrected chi connectivity index (χ2v) is 13.2. The van der Waals surface area contributed by atoms with Crippen LogP contribution in [-0.4, -0.2) is 69.8 Å². The number of benzene rings is 1. The van der Waals surface area contributed by atoms with E-state index >= 15 is 0 Å². The van der Waals surface area contributed by atoms with Gasteiger partial charge in [0, 0.05) is 24.9 Å². The lowest BCUT2D eigenvalue weighted by Gasteiger charge is -2.37. The fraction of sp³-hybridized carbons (Fsp3) is 0.643. The highest BCUT2D eigenvalue weighted by Crippen LogP contribution is 2.41. The summed E-state index contributed by atoms with van der Waals surface area (Å²) in [5.74, 6) is 0.468. The minimum Gasteiger partial charge on any atom is -0.485 e. The third-order valence-electron chi connectivity index (χ3n) is 7.71. The lowest BCUT2D eigenvalue weighted by molar-refractivity contribution is 0.00578. The largest absolute Gasteiger partial charge is 0.494 e. The average Bonchev–Trinajstić information content (AvgIpc) is 2.94. The van der Waals surface area contributed by atoms with E-state index in [1.807, 2.05) is 58.0 Å². The van der Waals surface area contributed by atoms with Gasteiger partial charge in [-0.2, -0.15) is 0 Å². The Balaban J connectivity index is 2.14. The van der Waals surface area contributed by atoms with E-state index in [0.717, 1.165) is 25.9 Å². The Bertz CT molecular complexity index is 1050. The van der Waals surface area contributed by atoms with E-state index in [2.05, 4.69) is 37.1 Å². The van der Waals surface area contributed by atoms with Crippen molar-refractivity contribution in [2.75, 3.05) is 26.0 Å². The third-order valence-corrected chi connectivity index (χ3v) is 8.92. The Morgan fingerprint density at radius 3 is 2.24 bits per heavy atom. The van der Waals surface area contributed by atoms with Gasteiger partial charge in [-0.25, -0.2) is 8.42 Å². The molecule has 3 atom stereocenters. The van der Waals surface area contributed by atoms with E-state index in [1.54, 1.807) is 6.08 Å². The standard InChI is InChI=1S/C28H45BN2O5S/c1-9-11-17-31(20-30-10-2)24-18-22(29-35-27(4,5)28(6,7)36-29)19-25(37(8,32)33)26(21(24)3)34-23-15-13-12-14-16-23/h12-16,18-19,21,24,26,30H,9-11,17,20H2,1-8H3. The lowest BCUT2D eigenvalue weighted by atomic mass is 9.77. The highest BCUT2D eigenvalue weighted by atomic mass is 32.2. The number of rotatable bonds is 11. The van der Waals surface area contributed by atoms with Crippen molar-refractivity contribution < 1.29 is 22.5 Å². The van der Waals surface area contributed by atoms with E-state index in [4.69, 9.17) is 14.0 Å². The first-order chi connectivity index (χ1) is 17.3. The zero-order chi connectivity index (χ0) is 27.4. The number of nitrogens with one attached hydrogen (secondary N) is 1. The molecule has 0 bridgehead atoms. The number of sulfone groups is 1. The maximum absolute atomic E-state index is 13.2. The molecule has 1 saturated heterocycles. The summed E-state index contributed by atoms with van der Waals surface area (Å²) in [4.78, 5) is 2.62. The van der Waals surface area contributed by atoms with Crippen LogP contribution in [0, 0.1) is 5.92 Å². The predicted octanol–water partition coefficient (Wildman–Crippen LogP) is 4.61. The van der Waals surface area contributed by atoms with Gasteiger partial charge in [-0.05, 0) is 70.9 Å². The SMILES string of the molecule is CCCCN(CNCC)C1C=C(B2OC(C)(C)C(C)(C)O2)C=C(S(C)(=O)=O)C(Oc2ccccc2)C1C. The molecule has 1 aromatic carbocycles. The van der Waals surface area contributed by atoms with Gasteiger partial charge in [0.15, 0.2) is 9.84 Å². The van der Waals surface area contributed by atoms with Crippen LogP contribution in [0.2, 0.25) is 0 Å². The van der Waals surface area contributed by atoms with Gasteiger partial charge < -0.3 is 19.4 Å². The monoisotopic (exact) mass is 532 g/mol. The number of unbranched alkanes of at least 4 members (excludes halogenated alkanes) is 1. The highest BCUT2D eigenvalue weighted by Gasteiger charge is 2.53. The van der Waals surface area contributed by atoms with Crippen LogP contribution in [0.4, 0.5) is 0 Å². The molecular formula is C28H45BN2O5S. The Kier molecular flexibility index (Phi) is 9.73. The van der Waals surface area contributed by atoms with Gasteiger partial charge in [-0.3, -0.25) is 4.90 Å². The first kappa shape index (κ1) is 29.9. The van der Waals surface area contributed by atoms with E-state index in [0.29, 0.717) is 17.9 Å².